The average Bonchev–Trinajstić information content (AvgIpc) is 2.14. The highest BCUT2D eigenvalue weighted by Crippen LogP contribution is 2.15. The molecule has 0 bridgehead atoms. The Morgan fingerprint density at radius 3 is 2.80 bits per heavy atom. The lowest BCUT2D eigenvalue weighted by Crippen LogP contribution is -2.09. The third-order valence-corrected chi connectivity index (χ3v) is 1.74. The lowest BCUT2D eigenvalue weighted by Gasteiger charge is -2.06. The molecule has 0 amide bonds. The SMILES string of the molecule is CCCc1nc(Cl)cc(OCC(F)F)n1. The smallest absolute Gasteiger partial charge is 0.272 e. The third-order valence-electron chi connectivity index (χ3n) is 1.55. The van der Waals surface area contributed by atoms with Gasteiger partial charge in [0.1, 0.15) is 11.0 Å². The highest BCUT2D eigenvalue weighted by atomic mass is 35.5. The van der Waals surface area contributed by atoms with Crippen LogP contribution in [0.2, 0.25) is 5.15 Å². The van der Waals surface area contributed by atoms with Crippen molar-refractivity contribution in [2.75, 3.05) is 6.61 Å². The van der Waals surface area contributed by atoms with Crippen molar-refractivity contribution in [1.29, 1.82) is 0 Å². The Hall–Kier alpha value is -0.970. The Bertz CT molecular complexity index is 323. The number of aromatic nitrogens is 2. The fraction of sp³-hybridized carbons (Fsp3) is 0.556. The number of ether oxygens (including phenoxy) is 1. The van der Waals surface area contributed by atoms with Crippen LogP contribution >= 0.6 is 11.6 Å². The number of rotatable bonds is 5. The minimum Gasteiger partial charge on any atom is -0.471 e. The Morgan fingerprint density at radius 1 is 1.47 bits per heavy atom. The maximum Gasteiger partial charge on any atom is 0.272 e. The maximum atomic E-state index is 11.9. The van der Waals surface area contributed by atoms with Crippen molar-refractivity contribution in [3.8, 4) is 5.88 Å². The first-order valence-electron chi connectivity index (χ1n) is 4.56. The summed E-state index contributed by atoms with van der Waals surface area (Å²) in [5, 5.41) is 0.206. The average molecular weight is 237 g/mol. The van der Waals surface area contributed by atoms with Crippen LogP contribution < -0.4 is 4.74 Å². The molecule has 0 spiro atoms. The molecule has 0 aliphatic rings. The molecular formula is C9H11ClF2N2O. The molecule has 3 nitrogen and oxygen atoms in total. The van der Waals surface area contributed by atoms with E-state index in [1.165, 1.54) is 6.07 Å². The van der Waals surface area contributed by atoms with E-state index in [-0.39, 0.29) is 11.0 Å². The molecule has 0 saturated heterocycles. The van der Waals surface area contributed by atoms with E-state index >= 15 is 0 Å². The van der Waals surface area contributed by atoms with Crippen LogP contribution in [0.1, 0.15) is 19.2 Å². The van der Waals surface area contributed by atoms with Gasteiger partial charge in [-0.25, -0.2) is 13.8 Å². The Labute approximate surface area is 91.4 Å². The normalized spacial score (nSPS) is 10.7. The summed E-state index contributed by atoms with van der Waals surface area (Å²) in [4.78, 5) is 7.88. The molecule has 0 radical (unpaired) electrons. The predicted molar refractivity (Wildman–Crippen MR) is 52.5 cm³/mol. The second-order valence-corrected chi connectivity index (χ2v) is 3.28. The van der Waals surface area contributed by atoms with E-state index < -0.39 is 13.0 Å². The van der Waals surface area contributed by atoms with Crippen LogP contribution in [0.4, 0.5) is 8.78 Å². The first-order valence-corrected chi connectivity index (χ1v) is 4.94. The number of nitrogens with zero attached hydrogens (tertiary/aromatic N) is 2. The maximum absolute atomic E-state index is 11.9. The molecule has 0 atom stereocenters. The van der Waals surface area contributed by atoms with E-state index in [1.54, 1.807) is 0 Å². The van der Waals surface area contributed by atoms with Gasteiger partial charge in [-0.3, -0.25) is 0 Å². The summed E-state index contributed by atoms with van der Waals surface area (Å²) in [6, 6.07) is 1.32. The molecular weight excluding hydrogens is 226 g/mol. The van der Waals surface area contributed by atoms with Gasteiger partial charge in [-0.15, -0.1) is 0 Å². The summed E-state index contributed by atoms with van der Waals surface area (Å²) in [6.45, 7) is 1.28. The zero-order chi connectivity index (χ0) is 11.3. The largest absolute Gasteiger partial charge is 0.471 e. The van der Waals surface area contributed by atoms with Gasteiger partial charge in [0.15, 0.2) is 6.61 Å². The van der Waals surface area contributed by atoms with Gasteiger partial charge >= 0.3 is 0 Å². The van der Waals surface area contributed by atoms with Gasteiger partial charge in [0, 0.05) is 12.5 Å². The predicted octanol–water partition coefficient (Wildman–Crippen LogP) is 2.73. The van der Waals surface area contributed by atoms with E-state index in [0.717, 1.165) is 6.42 Å². The Kier molecular flexibility index (Phi) is 4.68. The molecule has 0 unspecified atom stereocenters. The van der Waals surface area contributed by atoms with E-state index in [2.05, 4.69) is 9.97 Å². The van der Waals surface area contributed by atoms with Crippen LogP contribution in [-0.2, 0) is 6.42 Å². The second-order valence-electron chi connectivity index (χ2n) is 2.90. The van der Waals surface area contributed by atoms with Gasteiger partial charge in [-0.1, -0.05) is 18.5 Å². The van der Waals surface area contributed by atoms with Gasteiger partial charge in [0.25, 0.3) is 6.43 Å². The quantitative estimate of drug-likeness (QED) is 0.738. The fourth-order valence-electron chi connectivity index (χ4n) is 1.000. The van der Waals surface area contributed by atoms with Crippen LogP contribution in [-0.4, -0.2) is 23.0 Å². The molecule has 15 heavy (non-hydrogen) atoms. The number of aryl methyl sites for hydroxylation is 1. The molecule has 1 heterocycles. The molecule has 1 rings (SSSR count). The van der Waals surface area contributed by atoms with E-state index in [0.29, 0.717) is 12.2 Å². The van der Waals surface area contributed by atoms with Crippen molar-refractivity contribution in [3.63, 3.8) is 0 Å². The molecule has 1 aromatic heterocycles. The first kappa shape index (κ1) is 12.1. The molecule has 84 valence electrons. The minimum atomic E-state index is -2.52. The number of halogens is 3. The standard InChI is InChI=1S/C9H11ClF2N2O/c1-2-3-8-13-6(10)4-9(14-8)15-5-7(11)12/h4,7H,2-3,5H2,1H3. The zero-order valence-corrected chi connectivity index (χ0v) is 8.97. The fourth-order valence-corrected chi connectivity index (χ4v) is 1.19. The zero-order valence-electron chi connectivity index (χ0n) is 8.21. The summed E-state index contributed by atoms with van der Waals surface area (Å²) in [6.07, 6.45) is -1.02. The summed E-state index contributed by atoms with van der Waals surface area (Å²) in [5.74, 6) is 0.605. The molecule has 0 fully saturated rings. The third kappa shape index (κ3) is 4.38. The van der Waals surface area contributed by atoms with Crippen molar-refractivity contribution >= 4 is 11.6 Å². The highest BCUT2D eigenvalue weighted by Gasteiger charge is 2.07. The summed E-state index contributed by atoms with van der Waals surface area (Å²) >= 11 is 5.68. The molecule has 0 aromatic carbocycles. The van der Waals surface area contributed by atoms with E-state index in [9.17, 15) is 8.78 Å². The summed E-state index contributed by atoms with van der Waals surface area (Å²) in [7, 11) is 0. The van der Waals surface area contributed by atoms with Crippen molar-refractivity contribution in [3.05, 3.63) is 17.0 Å². The van der Waals surface area contributed by atoms with Gasteiger partial charge in [-0.2, -0.15) is 4.98 Å². The summed E-state index contributed by atoms with van der Waals surface area (Å²) in [5.41, 5.74) is 0. The van der Waals surface area contributed by atoms with Crippen molar-refractivity contribution < 1.29 is 13.5 Å². The molecule has 0 aliphatic heterocycles. The van der Waals surface area contributed by atoms with Gasteiger partial charge in [0.2, 0.25) is 5.88 Å². The molecule has 0 aliphatic carbocycles. The van der Waals surface area contributed by atoms with Crippen LogP contribution in [0.25, 0.3) is 0 Å². The van der Waals surface area contributed by atoms with Crippen LogP contribution in [0.15, 0.2) is 6.07 Å². The van der Waals surface area contributed by atoms with Crippen LogP contribution in [0.3, 0.4) is 0 Å². The van der Waals surface area contributed by atoms with Gasteiger partial charge in [0.05, 0.1) is 0 Å². The molecule has 0 saturated carbocycles. The Morgan fingerprint density at radius 2 is 2.20 bits per heavy atom. The molecule has 1 aromatic rings. The van der Waals surface area contributed by atoms with E-state index in [1.807, 2.05) is 6.92 Å². The van der Waals surface area contributed by atoms with E-state index in [4.69, 9.17) is 16.3 Å². The first-order chi connectivity index (χ1) is 7.11. The monoisotopic (exact) mass is 236 g/mol. The highest BCUT2D eigenvalue weighted by molar-refractivity contribution is 6.29. The lowest BCUT2D eigenvalue weighted by atomic mass is 10.3. The van der Waals surface area contributed by atoms with Gasteiger partial charge in [-0.05, 0) is 6.42 Å². The number of hydrogen-bond donors (Lipinski definition) is 0. The number of hydrogen-bond acceptors (Lipinski definition) is 3. The van der Waals surface area contributed by atoms with Crippen LogP contribution in [0, 0.1) is 0 Å². The summed E-state index contributed by atoms with van der Waals surface area (Å²) < 4.78 is 28.5. The Balaban J connectivity index is 2.70. The van der Waals surface area contributed by atoms with Crippen molar-refractivity contribution in [2.45, 2.75) is 26.2 Å². The van der Waals surface area contributed by atoms with Crippen LogP contribution in [0.5, 0.6) is 5.88 Å². The lowest BCUT2D eigenvalue weighted by molar-refractivity contribution is 0.0794. The number of alkyl halides is 2. The van der Waals surface area contributed by atoms with Crippen molar-refractivity contribution in [1.82, 2.24) is 9.97 Å². The minimum absolute atomic E-state index is 0.0961. The molecule has 0 N–H and O–H groups in total. The second kappa shape index (κ2) is 5.80. The van der Waals surface area contributed by atoms with Gasteiger partial charge < -0.3 is 4.74 Å². The topological polar surface area (TPSA) is 35.0 Å². The van der Waals surface area contributed by atoms with Crippen molar-refractivity contribution in [2.24, 2.45) is 0 Å². The molecule has 6 heteroatoms.